The number of nitrogens with zero attached hydrogens (tertiary/aromatic N) is 1. The molecule has 0 unspecified atom stereocenters. The molecule has 144 valence electrons. The van der Waals surface area contributed by atoms with Gasteiger partial charge in [-0.3, -0.25) is 4.79 Å². The van der Waals surface area contributed by atoms with Crippen molar-refractivity contribution >= 4 is 35.2 Å². The van der Waals surface area contributed by atoms with Crippen molar-refractivity contribution in [1.82, 2.24) is 10.2 Å². The summed E-state index contributed by atoms with van der Waals surface area (Å²) in [6, 6.07) is 4.86. The monoisotopic (exact) mass is 402 g/mol. The van der Waals surface area contributed by atoms with Gasteiger partial charge in [-0.25, -0.2) is 4.79 Å². The number of halogens is 2. The van der Waals surface area contributed by atoms with Crippen molar-refractivity contribution in [2.24, 2.45) is 0 Å². The molecule has 1 aliphatic rings. The van der Waals surface area contributed by atoms with Crippen molar-refractivity contribution in [2.45, 2.75) is 38.6 Å². The van der Waals surface area contributed by atoms with Crippen molar-refractivity contribution in [2.75, 3.05) is 26.3 Å². The largest absolute Gasteiger partial charge is 0.482 e. The fourth-order valence-corrected chi connectivity index (χ4v) is 3.07. The van der Waals surface area contributed by atoms with Crippen LogP contribution < -0.4 is 10.1 Å². The third-order valence-electron chi connectivity index (χ3n) is 4.09. The molecule has 1 aliphatic heterocycles. The summed E-state index contributed by atoms with van der Waals surface area (Å²) >= 11 is 11.8. The van der Waals surface area contributed by atoms with Crippen LogP contribution >= 0.6 is 23.2 Å². The van der Waals surface area contributed by atoms with E-state index in [1.54, 1.807) is 23.1 Å². The van der Waals surface area contributed by atoms with Crippen molar-refractivity contribution in [3.8, 4) is 5.75 Å². The molecular formula is C18H24Cl2N2O4. The molecule has 1 fully saturated rings. The number of nitrogens with one attached hydrogen (secondary N) is 1. The van der Waals surface area contributed by atoms with Gasteiger partial charge in [0, 0.05) is 24.2 Å². The van der Waals surface area contributed by atoms with Gasteiger partial charge in [-0.15, -0.1) is 0 Å². The van der Waals surface area contributed by atoms with Gasteiger partial charge in [0.15, 0.2) is 6.61 Å². The zero-order chi connectivity index (χ0) is 18.9. The lowest BCUT2D eigenvalue weighted by Crippen LogP contribution is -2.47. The average molecular weight is 403 g/mol. The first kappa shape index (κ1) is 20.6. The van der Waals surface area contributed by atoms with Crippen LogP contribution in [0.25, 0.3) is 0 Å². The zero-order valence-corrected chi connectivity index (χ0v) is 16.3. The molecule has 0 aromatic heterocycles. The van der Waals surface area contributed by atoms with E-state index in [4.69, 9.17) is 32.7 Å². The number of unbranched alkanes of at least 4 members (excludes halogenated alkanes) is 1. The summed E-state index contributed by atoms with van der Waals surface area (Å²) < 4.78 is 10.6. The number of carbonyl (C=O) groups is 2. The molecule has 0 bridgehead atoms. The highest BCUT2D eigenvalue weighted by molar-refractivity contribution is 6.35. The van der Waals surface area contributed by atoms with Gasteiger partial charge < -0.3 is 19.7 Å². The van der Waals surface area contributed by atoms with Crippen LogP contribution in [0.5, 0.6) is 5.75 Å². The van der Waals surface area contributed by atoms with E-state index in [0.717, 1.165) is 12.8 Å². The third kappa shape index (κ3) is 6.57. The smallest absolute Gasteiger partial charge is 0.409 e. The molecule has 1 heterocycles. The summed E-state index contributed by atoms with van der Waals surface area (Å²) in [5.74, 6) is 0.191. The Morgan fingerprint density at radius 1 is 1.27 bits per heavy atom. The molecule has 1 aromatic rings. The number of piperidine rings is 1. The second-order valence-corrected chi connectivity index (χ2v) is 7.00. The maximum Gasteiger partial charge on any atom is 0.409 e. The SMILES string of the molecule is CCCCOC(=O)N1CCC(NC(=O)COc2ccc(Cl)cc2Cl)CC1. The van der Waals surface area contributed by atoms with Crippen LogP contribution in [0, 0.1) is 0 Å². The van der Waals surface area contributed by atoms with E-state index < -0.39 is 0 Å². The van der Waals surface area contributed by atoms with Crippen LogP contribution in [0.2, 0.25) is 10.0 Å². The molecule has 0 spiro atoms. The van der Waals surface area contributed by atoms with Crippen molar-refractivity contribution in [1.29, 1.82) is 0 Å². The van der Waals surface area contributed by atoms with Crippen molar-refractivity contribution in [3.05, 3.63) is 28.2 Å². The molecule has 0 saturated carbocycles. The lowest BCUT2D eigenvalue weighted by atomic mass is 10.1. The normalized spacial score (nSPS) is 14.8. The van der Waals surface area contributed by atoms with Crippen LogP contribution in [0.4, 0.5) is 4.79 Å². The van der Waals surface area contributed by atoms with Crippen LogP contribution in [0.15, 0.2) is 18.2 Å². The predicted octanol–water partition coefficient (Wildman–Crippen LogP) is 3.89. The van der Waals surface area contributed by atoms with Crippen LogP contribution in [0.3, 0.4) is 0 Å². The highest BCUT2D eigenvalue weighted by atomic mass is 35.5. The highest BCUT2D eigenvalue weighted by Crippen LogP contribution is 2.27. The van der Waals surface area contributed by atoms with Crippen molar-refractivity contribution in [3.63, 3.8) is 0 Å². The zero-order valence-electron chi connectivity index (χ0n) is 14.8. The molecule has 2 rings (SSSR count). The molecule has 0 radical (unpaired) electrons. The Bertz CT molecular complexity index is 619. The summed E-state index contributed by atoms with van der Waals surface area (Å²) in [6.07, 6.45) is 2.97. The van der Waals surface area contributed by atoms with Gasteiger partial charge in [-0.2, -0.15) is 0 Å². The maximum atomic E-state index is 12.0. The molecule has 26 heavy (non-hydrogen) atoms. The molecule has 1 aromatic carbocycles. The lowest BCUT2D eigenvalue weighted by molar-refractivity contribution is -0.124. The first-order chi connectivity index (χ1) is 12.5. The second-order valence-electron chi connectivity index (χ2n) is 6.16. The average Bonchev–Trinajstić information content (AvgIpc) is 2.61. The minimum Gasteiger partial charge on any atom is -0.482 e. The van der Waals surface area contributed by atoms with E-state index >= 15 is 0 Å². The molecular weight excluding hydrogens is 379 g/mol. The topological polar surface area (TPSA) is 67.9 Å². The molecule has 1 N–H and O–H groups in total. The van der Waals surface area contributed by atoms with Gasteiger partial charge in [-0.05, 0) is 37.5 Å². The molecule has 8 heteroatoms. The van der Waals surface area contributed by atoms with Gasteiger partial charge >= 0.3 is 6.09 Å². The van der Waals surface area contributed by atoms with E-state index in [-0.39, 0.29) is 24.6 Å². The fourth-order valence-electron chi connectivity index (χ4n) is 2.61. The molecule has 2 amide bonds. The molecule has 0 aliphatic carbocycles. The molecule has 1 saturated heterocycles. The Morgan fingerprint density at radius 2 is 2.00 bits per heavy atom. The van der Waals surface area contributed by atoms with E-state index in [9.17, 15) is 9.59 Å². The summed E-state index contributed by atoms with van der Waals surface area (Å²) in [4.78, 5) is 25.6. The van der Waals surface area contributed by atoms with E-state index in [0.29, 0.717) is 48.3 Å². The quantitative estimate of drug-likeness (QED) is 0.702. The number of hydrogen-bond donors (Lipinski definition) is 1. The van der Waals surface area contributed by atoms with Crippen molar-refractivity contribution < 1.29 is 19.1 Å². The summed E-state index contributed by atoms with van der Waals surface area (Å²) in [6.45, 7) is 3.52. The van der Waals surface area contributed by atoms with Gasteiger partial charge in [0.2, 0.25) is 0 Å². The Kier molecular flexibility index (Phi) is 8.32. The number of ether oxygens (including phenoxy) is 2. The first-order valence-electron chi connectivity index (χ1n) is 8.78. The van der Waals surface area contributed by atoms with E-state index in [1.807, 2.05) is 6.92 Å². The standard InChI is InChI=1S/C18H24Cl2N2O4/c1-2-3-10-25-18(24)22-8-6-14(7-9-22)21-17(23)12-26-16-5-4-13(19)11-15(16)20/h4-5,11,14H,2-3,6-10,12H2,1H3,(H,21,23). The number of rotatable bonds is 7. The number of likely N-dealkylation sites (tertiary alicyclic amines) is 1. The maximum absolute atomic E-state index is 12.0. The number of amides is 2. The third-order valence-corrected chi connectivity index (χ3v) is 4.62. The Morgan fingerprint density at radius 3 is 2.65 bits per heavy atom. The number of carbonyl (C=O) groups excluding carboxylic acids is 2. The summed E-state index contributed by atoms with van der Waals surface area (Å²) in [5.41, 5.74) is 0. The fraction of sp³-hybridized carbons (Fsp3) is 0.556. The van der Waals surface area contributed by atoms with Gasteiger partial charge in [-0.1, -0.05) is 36.5 Å². The Balaban J connectivity index is 1.68. The highest BCUT2D eigenvalue weighted by Gasteiger charge is 2.24. The van der Waals surface area contributed by atoms with Crippen LogP contribution in [-0.2, 0) is 9.53 Å². The summed E-state index contributed by atoms with van der Waals surface area (Å²) in [5, 5.41) is 3.79. The molecule has 0 atom stereocenters. The van der Waals surface area contributed by atoms with Gasteiger partial charge in [0.25, 0.3) is 5.91 Å². The summed E-state index contributed by atoms with van der Waals surface area (Å²) in [7, 11) is 0. The van der Waals surface area contributed by atoms with Crippen LogP contribution in [0.1, 0.15) is 32.6 Å². The number of hydrogen-bond acceptors (Lipinski definition) is 4. The number of benzene rings is 1. The lowest BCUT2D eigenvalue weighted by Gasteiger charge is -2.31. The van der Waals surface area contributed by atoms with E-state index in [2.05, 4.69) is 5.32 Å². The minimum atomic E-state index is -0.274. The minimum absolute atomic E-state index is 0.0199. The first-order valence-corrected chi connectivity index (χ1v) is 9.54. The Hall–Kier alpha value is -1.66. The molecule has 6 nitrogen and oxygen atoms in total. The van der Waals surface area contributed by atoms with Crippen LogP contribution in [-0.4, -0.2) is 49.2 Å². The Labute approximate surface area is 163 Å². The predicted molar refractivity (Wildman–Crippen MR) is 101 cm³/mol. The second kappa shape index (κ2) is 10.5. The van der Waals surface area contributed by atoms with Gasteiger partial charge in [0.1, 0.15) is 5.75 Å². The van der Waals surface area contributed by atoms with Gasteiger partial charge in [0.05, 0.1) is 11.6 Å². The van der Waals surface area contributed by atoms with E-state index in [1.165, 1.54) is 0 Å².